The van der Waals surface area contributed by atoms with Gasteiger partial charge in [-0.2, -0.15) is 0 Å². The summed E-state index contributed by atoms with van der Waals surface area (Å²) in [5.41, 5.74) is 0. The summed E-state index contributed by atoms with van der Waals surface area (Å²) in [4.78, 5) is 35.2. The monoisotopic (exact) mass is 549 g/mol. The van der Waals surface area contributed by atoms with Gasteiger partial charge in [0.05, 0.1) is 13.0 Å². The molecule has 1 heterocycles. The average Bonchev–Trinajstić information content (AvgIpc) is 3.32. The van der Waals surface area contributed by atoms with E-state index in [2.05, 4.69) is 12.2 Å². The molecule has 0 aromatic heterocycles. The minimum atomic E-state index is -0.570. The Kier molecular flexibility index (Phi) is 24.5. The highest BCUT2D eigenvalue weighted by molar-refractivity contribution is 5.99. The first-order chi connectivity index (χ1) is 19.1. The fourth-order valence-corrected chi connectivity index (χ4v) is 5.60. The third kappa shape index (κ3) is 23.1. The molecule has 5 nitrogen and oxygen atoms in total. The van der Waals surface area contributed by atoms with Gasteiger partial charge in [0.15, 0.2) is 0 Å². The van der Waals surface area contributed by atoms with Crippen molar-refractivity contribution < 1.29 is 19.1 Å². The van der Waals surface area contributed by atoms with Crippen LogP contribution in [0.4, 0.5) is 0 Å². The molecule has 1 aliphatic heterocycles. The molecular formula is C34H63NO4. The van der Waals surface area contributed by atoms with Gasteiger partial charge < -0.3 is 10.1 Å². The van der Waals surface area contributed by atoms with Crippen molar-refractivity contribution in [2.24, 2.45) is 0 Å². The standard InChI is InChI=1S/C34H63NO4/c1-2-3-4-5-6-7-8-9-10-11-12-13-14-15-16-17-18-19-20-21-22-23-24-25-26-27-31(36)30-33(37)35-32-28-29-39-34(32)38/h32H,2-30H2,1H3,(H,35,37)/t32-/m0/s1. The Bertz CT molecular complexity index is 606. The Hall–Kier alpha value is -1.39. The maximum atomic E-state index is 12.0. The molecule has 0 aromatic carbocycles. The number of unbranched alkanes of at least 4 members (excludes halogenated alkanes) is 24. The lowest BCUT2D eigenvalue weighted by Crippen LogP contribution is -2.38. The number of hydrogen-bond acceptors (Lipinski definition) is 4. The number of ether oxygens (including phenoxy) is 1. The summed E-state index contributed by atoms with van der Waals surface area (Å²) in [5, 5.41) is 2.59. The van der Waals surface area contributed by atoms with Crippen molar-refractivity contribution in [2.45, 2.75) is 193 Å². The summed E-state index contributed by atoms with van der Waals surface area (Å²) in [6, 6.07) is -0.570. The number of hydrogen-bond donors (Lipinski definition) is 1. The molecule has 0 spiro atoms. The molecule has 5 heteroatoms. The lowest BCUT2D eigenvalue weighted by molar-refractivity contribution is -0.142. The molecule has 0 aliphatic carbocycles. The van der Waals surface area contributed by atoms with Gasteiger partial charge in [-0.15, -0.1) is 0 Å². The van der Waals surface area contributed by atoms with Crippen LogP contribution in [0.25, 0.3) is 0 Å². The number of Topliss-reactive ketones (excluding diaryl/α,β-unsaturated/α-hetero) is 1. The van der Waals surface area contributed by atoms with Gasteiger partial charge in [0.1, 0.15) is 11.8 Å². The third-order valence-electron chi connectivity index (χ3n) is 8.19. The van der Waals surface area contributed by atoms with Crippen molar-refractivity contribution in [3.8, 4) is 0 Å². The highest BCUT2D eigenvalue weighted by atomic mass is 16.5. The van der Waals surface area contributed by atoms with Crippen LogP contribution in [0.2, 0.25) is 0 Å². The minimum Gasteiger partial charge on any atom is -0.464 e. The predicted octanol–water partition coefficient (Wildman–Crippen LogP) is 9.54. The molecule has 0 radical (unpaired) electrons. The van der Waals surface area contributed by atoms with E-state index in [0.717, 1.165) is 12.8 Å². The van der Waals surface area contributed by atoms with Crippen LogP contribution in [-0.2, 0) is 19.1 Å². The van der Waals surface area contributed by atoms with Crippen LogP contribution in [0.3, 0.4) is 0 Å². The largest absolute Gasteiger partial charge is 0.464 e. The van der Waals surface area contributed by atoms with E-state index in [9.17, 15) is 14.4 Å². The molecule has 0 bridgehead atoms. The Morgan fingerprint density at radius 2 is 0.974 bits per heavy atom. The zero-order valence-electron chi connectivity index (χ0n) is 25.7. The Balaban J connectivity index is 1.70. The Morgan fingerprint density at radius 1 is 0.615 bits per heavy atom. The van der Waals surface area contributed by atoms with Gasteiger partial charge in [-0.25, -0.2) is 4.79 Å². The van der Waals surface area contributed by atoms with E-state index < -0.39 is 12.0 Å². The quantitative estimate of drug-likeness (QED) is 0.0573. The van der Waals surface area contributed by atoms with Crippen LogP contribution < -0.4 is 5.32 Å². The van der Waals surface area contributed by atoms with E-state index in [1.165, 1.54) is 148 Å². The van der Waals surface area contributed by atoms with Crippen LogP contribution in [0.15, 0.2) is 0 Å². The van der Waals surface area contributed by atoms with Crippen LogP contribution in [0.1, 0.15) is 187 Å². The average molecular weight is 550 g/mol. The Morgan fingerprint density at radius 3 is 1.31 bits per heavy atom. The van der Waals surface area contributed by atoms with Gasteiger partial charge in [-0.05, 0) is 6.42 Å². The number of carbonyl (C=O) groups is 3. The van der Waals surface area contributed by atoms with E-state index >= 15 is 0 Å². The molecule has 1 atom stereocenters. The summed E-state index contributed by atoms with van der Waals surface area (Å²) in [7, 11) is 0. The zero-order valence-corrected chi connectivity index (χ0v) is 25.7. The molecule has 0 saturated carbocycles. The van der Waals surface area contributed by atoms with Gasteiger partial charge in [0.25, 0.3) is 0 Å². The molecular weight excluding hydrogens is 486 g/mol. The number of amides is 1. The maximum absolute atomic E-state index is 12.0. The molecule has 39 heavy (non-hydrogen) atoms. The van der Waals surface area contributed by atoms with Gasteiger partial charge >= 0.3 is 5.97 Å². The fourth-order valence-electron chi connectivity index (χ4n) is 5.60. The van der Waals surface area contributed by atoms with E-state index in [4.69, 9.17) is 4.74 Å². The zero-order chi connectivity index (χ0) is 28.2. The number of carbonyl (C=O) groups excluding carboxylic acids is 3. The Labute approximate surface area is 241 Å². The highest BCUT2D eigenvalue weighted by Gasteiger charge is 2.28. The first-order valence-corrected chi connectivity index (χ1v) is 17.1. The van der Waals surface area contributed by atoms with Crippen molar-refractivity contribution >= 4 is 17.7 Å². The second-order valence-corrected chi connectivity index (χ2v) is 12.0. The molecule has 1 N–H and O–H groups in total. The normalized spacial score (nSPS) is 15.0. The second-order valence-electron chi connectivity index (χ2n) is 12.0. The van der Waals surface area contributed by atoms with Crippen molar-refractivity contribution in [3.05, 3.63) is 0 Å². The van der Waals surface area contributed by atoms with E-state index in [1.807, 2.05) is 0 Å². The van der Waals surface area contributed by atoms with E-state index in [-0.39, 0.29) is 18.1 Å². The number of cyclic esters (lactones) is 1. The van der Waals surface area contributed by atoms with Crippen LogP contribution >= 0.6 is 0 Å². The molecule has 228 valence electrons. The maximum Gasteiger partial charge on any atom is 0.328 e. The molecule has 1 aliphatic rings. The number of nitrogens with one attached hydrogen (secondary N) is 1. The topological polar surface area (TPSA) is 72.5 Å². The highest BCUT2D eigenvalue weighted by Crippen LogP contribution is 2.16. The number of ketones is 1. The lowest BCUT2D eigenvalue weighted by Gasteiger charge is -2.08. The summed E-state index contributed by atoms with van der Waals surface area (Å²) in [6.07, 6.45) is 35.0. The van der Waals surface area contributed by atoms with Crippen LogP contribution in [0, 0.1) is 0 Å². The van der Waals surface area contributed by atoms with Gasteiger partial charge in [0, 0.05) is 12.8 Å². The smallest absolute Gasteiger partial charge is 0.328 e. The van der Waals surface area contributed by atoms with Crippen molar-refractivity contribution in [2.75, 3.05) is 6.61 Å². The van der Waals surface area contributed by atoms with Gasteiger partial charge in [-0.3, -0.25) is 9.59 Å². The molecule has 1 rings (SSSR count). The van der Waals surface area contributed by atoms with Crippen LogP contribution in [-0.4, -0.2) is 30.3 Å². The number of esters is 1. The van der Waals surface area contributed by atoms with Gasteiger partial charge in [0.2, 0.25) is 5.91 Å². The second kappa shape index (κ2) is 26.8. The summed E-state index contributed by atoms with van der Waals surface area (Å²) in [6.45, 7) is 2.63. The summed E-state index contributed by atoms with van der Waals surface area (Å²) >= 11 is 0. The molecule has 1 fully saturated rings. The summed E-state index contributed by atoms with van der Waals surface area (Å²) < 4.78 is 4.82. The number of rotatable bonds is 29. The minimum absolute atomic E-state index is 0.0343. The van der Waals surface area contributed by atoms with E-state index in [0.29, 0.717) is 19.4 Å². The van der Waals surface area contributed by atoms with Crippen molar-refractivity contribution in [1.29, 1.82) is 0 Å². The van der Waals surface area contributed by atoms with Crippen molar-refractivity contribution in [1.82, 2.24) is 5.32 Å². The SMILES string of the molecule is CCCCCCCCCCCCCCCCCCCCCCCCCCCC(=O)CC(=O)N[C@H]1CCOC1=O. The first-order valence-electron chi connectivity index (χ1n) is 17.1. The van der Waals surface area contributed by atoms with E-state index in [1.54, 1.807) is 0 Å². The van der Waals surface area contributed by atoms with Gasteiger partial charge in [-0.1, -0.05) is 161 Å². The molecule has 1 amide bonds. The van der Waals surface area contributed by atoms with Crippen molar-refractivity contribution in [3.63, 3.8) is 0 Å². The summed E-state index contributed by atoms with van der Waals surface area (Å²) in [5.74, 6) is -0.785. The van der Waals surface area contributed by atoms with Crippen LogP contribution in [0.5, 0.6) is 0 Å². The third-order valence-corrected chi connectivity index (χ3v) is 8.19. The molecule has 0 aromatic rings. The molecule has 1 saturated heterocycles. The predicted molar refractivity (Wildman–Crippen MR) is 163 cm³/mol. The molecule has 0 unspecified atom stereocenters. The first kappa shape index (κ1) is 35.6. The lowest BCUT2D eigenvalue weighted by atomic mass is 10.0. The fraction of sp³-hybridized carbons (Fsp3) is 0.912.